The van der Waals surface area contributed by atoms with Crippen LogP contribution in [-0.2, 0) is 13.1 Å². The summed E-state index contributed by atoms with van der Waals surface area (Å²) in [6, 6.07) is 11.6. The SMILES string of the molecule is COc1cc(C(=O)NCc2ccc(CN3CCC(O)CC3)cc2)cc2c1OCCO2. The molecule has 2 aliphatic heterocycles. The topological polar surface area (TPSA) is 80.3 Å². The van der Waals surface area contributed by atoms with Crippen LogP contribution in [0.3, 0.4) is 0 Å². The summed E-state index contributed by atoms with van der Waals surface area (Å²) in [7, 11) is 1.54. The average molecular weight is 412 g/mol. The highest BCUT2D eigenvalue weighted by atomic mass is 16.6. The number of benzene rings is 2. The third kappa shape index (κ3) is 4.86. The molecule has 2 aromatic carbocycles. The average Bonchev–Trinajstić information content (AvgIpc) is 2.79. The molecule has 0 aliphatic carbocycles. The standard InChI is InChI=1S/C23H28N2O5/c1-28-20-12-18(13-21-22(20)30-11-10-29-21)23(27)24-14-16-2-4-17(5-3-16)15-25-8-6-19(26)7-9-25/h2-5,12-13,19,26H,6-11,14-15H2,1H3,(H,24,27). The Labute approximate surface area is 176 Å². The number of rotatable bonds is 6. The highest BCUT2D eigenvalue weighted by molar-refractivity contribution is 5.95. The number of nitrogens with one attached hydrogen (secondary N) is 1. The monoisotopic (exact) mass is 412 g/mol. The highest BCUT2D eigenvalue weighted by Gasteiger charge is 2.21. The molecule has 1 amide bonds. The molecule has 7 nitrogen and oxygen atoms in total. The number of hydrogen-bond acceptors (Lipinski definition) is 6. The van der Waals surface area contributed by atoms with Crippen LogP contribution in [0.4, 0.5) is 0 Å². The van der Waals surface area contributed by atoms with Gasteiger partial charge in [0, 0.05) is 31.7 Å². The Hall–Kier alpha value is -2.77. The third-order valence-corrected chi connectivity index (χ3v) is 5.53. The number of nitrogens with zero attached hydrogens (tertiary/aromatic N) is 1. The van der Waals surface area contributed by atoms with Crippen LogP contribution in [-0.4, -0.2) is 55.4 Å². The summed E-state index contributed by atoms with van der Waals surface area (Å²) in [4.78, 5) is 15.0. The molecule has 30 heavy (non-hydrogen) atoms. The summed E-state index contributed by atoms with van der Waals surface area (Å²) in [5, 5.41) is 12.6. The van der Waals surface area contributed by atoms with E-state index in [0.29, 0.717) is 42.6 Å². The van der Waals surface area contributed by atoms with Crippen LogP contribution in [0.5, 0.6) is 17.2 Å². The Morgan fingerprint density at radius 1 is 1.13 bits per heavy atom. The highest BCUT2D eigenvalue weighted by Crippen LogP contribution is 2.40. The predicted molar refractivity (Wildman–Crippen MR) is 112 cm³/mol. The van der Waals surface area contributed by atoms with Gasteiger partial charge in [0.25, 0.3) is 5.91 Å². The molecule has 2 aromatic rings. The van der Waals surface area contributed by atoms with E-state index in [1.807, 2.05) is 12.1 Å². The number of piperidine rings is 1. The van der Waals surface area contributed by atoms with Gasteiger partial charge < -0.3 is 24.6 Å². The first-order valence-corrected chi connectivity index (χ1v) is 10.4. The molecule has 0 spiro atoms. The van der Waals surface area contributed by atoms with Crippen molar-refractivity contribution in [2.24, 2.45) is 0 Å². The Balaban J connectivity index is 1.34. The number of carbonyl (C=O) groups excluding carboxylic acids is 1. The van der Waals surface area contributed by atoms with Gasteiger partial charge in [-0.3, -0.25) is 9.69 Å². The van der Waals surface area contributed by atoms with Crippen LogP contribution in [0.15, 0.2) is 36.4 Å². The van der Waals surface area contributed by atoms with E-state index in [-0.39, 0.29) is 12.0 Å². The quantitative estimate of drug-likeness (QED) is 0.758. The molecule has 0 bridgehead atoms. The molecule has 4 rings (SSSR count). The largest absolute Gasteiger partial charge is 0.493 e. The number of hydrogen-bond donors (Lipinski definition) is 2. The fourth-order valence-electron chi connectivity index (χ4n) is 3.79. The molecule has 1 fully saturated rings. The Kier molecular flexibility index (Phi) is 6.40. The van der Waals surface area contributed by atoms with Crippen molar-refractivity contribution in [1.29, 1.82) is 0 Å². The van der Waals surface area contributed by atoms with E-state index in [9.17, 15) is 9.90 Å². The Bertz CT molecular complexity index is 859. The van der Waals surface area contributed by atoms with Gasteiger partial charge in [-0.1, -0.05) is 24.3 Å². The molecular weight excluding hydrogens is 384 g/mol. The van der Waals surface area contributed by atoms with Gasteiger partial charge in [-0.15, -0.1) is 0 Å². The number of carbonyl (C=O) groups is 1. The zero-order valence-corrected chi connectivity index (χ0v) is 17.2. The number of aliphatic hydroxyl groups excluding tert-OH is 1. The summed E-state index contributed by atoms with van der Waals surface area (Å²) >= 11 is 0. The Morgan fingerprint density at radius 2 is 1.83 bits per heavy atom. The summed E-state index contributed by atoms with van der Waals surface area (Å²) in [5.74, 6) is 1.37. The number of likely N-dealkylation sites (tertiary alicyclic amines) is 1. The fraction of sp³-hybridized carbons (Fsp3) is 0.435. The minimum atomic E-state index is -0.193. The van der Waals surface area contributed by atoms with Crippen LogP contribution in [0.2, 0.25) is 0 Å². The summed E-state index contributed by atoms with van der Waals surface area (Å²) in [6.45, 7) is 4.09. The minimum absolute atomic E-state index is 0.151. The van der Waals surface area contributed by atoms with Crippen molar-refractivity contribution in [2.45, 2.75) is 32.0 Å². The molecule has 0 radical (unpaired) electrons. The molecule has 7 heteroatoms. The van der Waals surface area contributed by atoms with Crippen molar-refractivity contribution in [3.63, 3.8) is 0 Å². The van der Waals surface area contributed by atoms with Gasteiger partial charge in [0.15, 0.2) is 11.5 Å². The van der Waals surface area contributed by atoms with Gasteiger partial charge >= 0.3 is 0 Å². The fourth-order valence-corrected chi connectivity index (χ4v) is 3.79. The number of fused-ring (bicyclic) bond motifs is 1. The van der Waals surface area contributed by atoms with Crippen molar-refractivity contribution >= 4 is 5.91 Å². The minimum Gasteiger partial charge on any atom is -0.493 e. The zero-order chi connectivity index (χ0) is 20.9. The molecule has 2 heterocycles. The van der Waals surface area contributed by atoms with Crippen LogP contribution in [0, 0.1) is 0 Å². The number of amides is 1. The van der Waals surface area contributed by atoms with Gasteiger partial charge in [-0.2, -0.15) is 0 Å². The lowest BCUT2D eigenvalue weighted by Gasteiger charge is -2.29. The molecule has 2 N–H and O–H groups in total. The maximum Gasteiger partial charge on any atom is 0.251 e. The molecule has 0 saturated carbocycles. The second-order valence-corrected chi connectivity index (χ2v) is 7.71. The van der Waals surface area contributed by atoms with Crippen LogP contribution in [0.25, 0.3) is 0 Å². The molecule has 2 aliphatic rings. The van der Waals surface area contributed by atoms with E-state index in [1.54, 1.807) is 19.2 Å². The van der Waals surface area contributed by atoms with Crippen molar-refractivity contribution in [3.8, 4) is 17.2 Å². The second-order valence-electron chi connectivity index (χ2n) is 7.71. The molecule has 0 atom stereocenters. The van der Waals surface area contributed by atoms with Crippen LogP contribution < -0.4 is 19.5 Å². The van der Waals surface area contributed by atoms with E-state index in [2.05, 4.69) is 22.3 Å². The van der Waals surface area contributed by atoms with Gasteiger partial charge in [-0.05, 0) is 36.1 Å². The zero-order valence-electron chi connectivity index (χ0n) is 17.2. The van der Waals surface area contributed by atoms with Gasteiger partial charge in [-0.25, -0.2) is 0 Å². The first-order chi connectivity index (χ1) is 14.6. The first kappa shape index (κ1) is 20.5. The van der Waals surface area contributed by atoms with Crippen molar-refractivity contribution in [2.75, 3.05) is 33.4 Å². The van der Waals surface area contributed by atoms with E-state index in [4.69, 9.17) is 14.2 Å². The van der Waals surface area contributed by atoms with E-state index >= 15 is 0 Å². The number of methoxy groups -OCH3 is 1. The predicted octanol–water partition coefficient (Wildman–Crippen LogP) is 2.35. The van der Waals surface area contributed by atoms with Gasteiger partial charge in [0.1, 0.15) is 13.2 Å². The number of ether oxygens (including phenoxy) is 3. The van der Waals surface area contributed by atoms with Crippen LogP contribution in [0.1, 0.15) is 34.3 Å². The normalized spacial score (nSPS) is 16.9. The third-order valence-electron chi connectivity index (χ3n) is 5.53. The maximum atomic E-state index is 12.6. The van der Waals surface area contributed by atoms with Crippen molar-refractivity contribution in [3.05, 3.63) is 53.1 Å². The molecule has 160 valence electrons. The molecule has 0 unspecified atom stereocenters. The van der Waals surface area contributed by atoms with Gasteiger partial charge in [0.05, 0.1) is 13.2 Å². The van der Waals surface area contributed by atoms with Crippen molar-refractivity contribution in [1.82, 2.24) is 10.2 Å². The maximum absolute atomic E-state index is 12.6. The van der Waals surface area contributed by atoms with Gasteiger partial charge in [0.2, 0.25) is 5.75 Å². The van der Waals surface area contributed by atoms with E-state index in [0.717, 1.165) is 38.0 Å². The lowest BCUT2D eigenvalue weighted by molar-refractivity contribution is 0.0792. The van der Waals surface area contributed by atoms with Crippen molar-refractivity contribution < 1.29 is 24.1 Å². The molecule has 1 saturated heterocycles. The summed E-state index contributed by atoms with van der Waals surface area (Å²) < 4.78 is 16.5. The number of aliphatic hydroxyl groups is 1. The van der Waals surface area contributed by atoms with E-state index < -0.39 is 0 Å². The summed E-state index contributed by atoms with van der Waals surface area (Å²) in [5.41, 5.74) is 2.74. The molecule has 0 aromatic heterocycles. The Morgan fingerprint density at radius 3 is 2.57 bits per heavy atom. The lowest BCUT2D eigenvalue weighted by Crippen LogP contribution is -2.35. The second kappa shape index (κ2) is 9.36. The first-order valence-electron chi connectivity index (χ1n) is 10.4. The van der Waals surface area contributed by atoms with E-state index in [1.165, 1.54) is 5.56 Å². The molecular formula is C23H28N2O5. The smallest absolute Gasteiger partial charge is 0.251 e. The van der Waals surface area contributed by atoms with Crippen LogP contribution >= 0.6 is 0 Å². The lowest BCUT2D eigenvalue weighted by atomic mass is 10.1. The summed E-state index contributed by atoms with van der Waals surface area (Å²) in [6.07, 6.45) is 1.53.